The molecule has 7 heteroatoms. The molecule has 1 unspecified atom stereocenters. The highest BCUT2D eigenvalue weighted by Gasteiger charge is 2.21. The highest BCUT2D eigenvalue weighted by molar-refractivity contribution is 9.10. The van der Waals surface area contributed by atoms with Crippen molar-refractivity contribution in [1.82, 2.24) is 15.0 Å². The maximum absolute atomic E-state index is 12.9. The van der Waals surface area contributed by atoms with Crippen molar-refractivity contribution in [3.8, 4) is 0 Å². The number of nitrogens with zero attached hydrogens (tertiary/aromatic N) is 3. The van der Waals surface area contributed by atoms with Crippen LogP contribution in [0.3, 0.4) is 0 Å². The highest BCUT2D eigenvalue weighted by Crippen LogP contribution is 2.26. The van der Waals surface area contributed by atoms with E-state index in [-0.39, 0.29) is 17.0 Å². The molecule has 0 aliphatic heterocycles. The molecule has 3 rings (SSSR count). The van der Waals surface area contributed by atoms with Crippen LogP contribution in [0.2, 0.25) is 5.15 Å². The number of amides is 1. The smallest absolute Gasteiger partial charge is 0.233 e. The number of hydrogen-bond donors (Lipinski definition) is 1. The molecule has 0 saturated heterocycles. The number of halogens is 2. The van der Waals surface area contributed by atoms with Crippen molar-refractivity contribution in [1.29, 1.82) is 0 Å². The molecule has 1 amide bonds. The molecule has 0 spiro atoms. The zero-order valence-electron chi connectivity index (χ0n) is 14.5. The standard InChI is InChI=1S/C20H18BrClN4O/c21-16-9-15(10-23-11-16)17(8-4-7-14-5-2-1-3-6-14)20(27)26-19-13-24-18(22)12-25-19/h1-3,5-6,9-13,17H,4,7-8H2,(H,25,26,27). The number of carbonyl (C=O) groups excluding carboxylic acids is 1. The van der Waals surface area contributed by atoms with Crippen LogP contribution in [-0.4, -0.2) is 20.9 Å². The predicted molar refractivity (Wildman–Crippen MR) is 110 cm³/mol. The first kappa shape index (κ1) is 19.5. The van der Waals surface area contributed by atoms with Gasteiger partial charge >= 0.3 is 0 Å². The van der Waals surface area contributed by atoms with Crippen molar-refractivity contribution < 1.29 is 4.79 Å². The molecule has 138 valence electrons. The topological polar surface area (TPSA) is 67.8 Å². The lowest BCUT2D eigenvalue weighted by molar-refractivity contribution is -0.117. The Bertz CT molecular complexity index is 890. The Kier molecular flexibility index (Phi) is 6.90. The highest BCUT2D eigenvalue weighted by atomic mass is 79.9. The van der Waals surface area contributed by atoms with E-state index in [1.165, 1.54) is 18.0 Å². The van der Waals surface area contributed by atoms with E-state index in [0.29, 0.717) is 12.2 Å². The molecule has 0 bridgehead atoms. The molecule has 1 aromatic carbocycles. The largest absolute Gasteiger partial charge is 0.309 e. The molecule has 0 fully saturated rings. The second kappa shape index (κ2) is 9.58. The molecule has 2 heterocycles. The van der Waals surface area contributed by atoms with Crippen molar-refractivity contribution in [2.24, 2.45) is 0 Å². The van der Waals surface area contributed by atoms with E-state index in [1.54, 1.807) is 12.4 Å². The summed E-state index contributed by atoms with van der Waals surface area (Å²) in [5.41, 5.74) is 2.12. The number of aryl methyl sites for hydroxylation is 1. The third-order valence-corrected chi connectivity index (χ3v) is 4.75. The van der Waals surface area contributed by atoms with Gasteiger partial charge in [-0.3, -0.25) is 9.78 Å². The normalized spacial score (nSPS) is 11.8. The Morgan fingerprint density at radius 3 is 2.63 bits per heavy atom. The number of carbonyl (C=O) groups is 1. The van der Waals surface area contributed by atoms with Crippen molar-refractivity contribution in [3.63, 3.8) is 0 Å². The van der Waals surface area contributed by atoms with Crippen molar-refractivity contribution in [2.75, 3.05) is 5.32 Å². The number of benzene rings is 1. The molecular weight excluding hydrogens is 428 g/mol. The first-order valence-corrected chi connectivity index (χ1v) is 9.71. The number of rotatable bonds is 7. The Hall–Kier alpha value is -2.31. The van der Waals surface area contributed by atoms with Crippen LogP contribution in [0.25, 0.3) is 0 Å². The zero-order valence-corrected chi connectivity index (χ0v) is 16.8. The average Bonchev–Trinajstić information content (AvgIpc) is 2.68. The van der Waals surface area contributed by atoms with Gasteiger partial charge in [0.15, 0.2) is 5.82 Å². The van der Waals surface area contributed by atoms with Crippen molar-refractivity contribution >= 4 is 39.3 Å². The summed E-state index contributed by atoms with van der Waals surface area (Å²) in [6, 6.07) is 12.2. The van der Waals surface area contributed by atoms with Crippen LogP contribution in [0.4, 0.5) is 5.82 Å². The van der Waals surface area contributed by atoms with Crippen molar-refractivity contribution in [2.45, 2.75) is 25.2 Å². The fourth-order valence-electron chi connectivity index (χ4n) is 2.81. The summed E-state index contributed by atoms with van der Waals surface area (Å²) in [5.74, 6) is -0.101. The minimum atomic E-state index is -0.337. The van der Waals surface area contributed by atoms with Crippen LogP contribution < -0.4 is 5.32 Å². The lowest BCUT2D eigenvalue weighted by Crippen LogP contribution is -2.22. The van der Waals surface area contributed by atoms with Gasteiger partial charge in [0.25, 0.3) is 0 Å². The Labute approximate surface area is 171 Å². The number of anilines is 1. The second-order valence-corrected chi connectivity index (χ2v) is 7.38. The molecule has 3 aromatic rings. The quantitative estimate of drug-likeness (QED) is 0.553. The van der Waals surface area contributed by atoms with Crippen LogP contribution >= 0.6 is 27.5 Å². The molecule has 1 atom stereocenters. The SMILES string of the molecule is O=C(Nc1cnc(Cl)cn1)C(CCCc1ccccc1)c1cncc(Br)c1. The Balaban J connectivity index is 1.72. The monoisotopic (exact) mass is 444 g/mol. The van der Waals surface area contributed by atoms with Crippen LogP contribution in [0.15, 0.2) is 65.7 Å². The van der Waals surface area contributed by atoms with Crippen molar-refractivity contribution in [3.05, 3.63) is 81.9 Å². The average molecular weight is 446 g/mol. The molecule has 0 aliphatic carbocycles. The minimum Gasteiger partial charge on any atom is -0.309 e. The summed E-state index contributed by atoms with van der Waals surface area (Å²) < 4.78 is 0.840. The van der Waals surface area contributed by atoms with Gasteiger partial charge in [-0.15, -0.1) is 0 Å². The number of nitrogens with one attached hydrogen (secondary N) is 1. The van der Waals surface area contributed by atoms with Gasteiger partial charge < -0.3 is 5.32 Å². The minimum absolute atomic E-state index is 0.139. The van der Waals surface area contributed by atoms with E-state index < -0.39 is 0 Å². The van der Waals surface area contributed by atoms with Crippen LogP contribution in [0.1, 0.15) is 29.9 Å². The number of hydrogen-bond acceptors (Lipinski definition) is 4. The summed E-state index contributed by atoms with van der Waals surface area (Å²) in [7, 11) is 0. The fourth-order valence-corrected chi connectivity index (χ4v) is 3.29. The van der Waals surface area contributed by atoms with Gasteiger partial charge in [-0.05, 0) is 52.4 Å². The molecule has 27 heavy (non-hydrogen) atoms. The molecule has 5 nitrogen and oxygen atoms in total. The van der Waals surface area contributed by atoms with Crippen LogP contribution in [-0.2, 0) is 11.2 Å². The number of aromatic nitrogens is 3. The second-order valence-electron chi connectivity index (χ2n) is 6.08. The van der Waals surface area contributed by atoms with E-state index in [2.05, 4.69) is 48.3 Å². The van der Waals surface area contributed by atoms with Gasteiger partial charge in [0, 0.05) is 16.9 Å². The molecule has 0 saturated carbocycles. The Morgan fingerprint density at radius 1 is 1.11 bits per heavy atom. The van der Waals surface area contributed by atoms with E-state index in [0.717, 1.165) is 22.9 Å². The lowest BCUT2D eigenvalue weighted by atomic mass is 9.93. The van der Waals surface area contributed by atoms with Gasteiger partial charge in [-0.25, -0.2) is 9.97 Å². The van der Waals surface area contributed by atoms with E-state index >= 15 is 0 Å². The van der Waals surface area contributed by atoms with Gasteiger partial charge in [0.1, 0.15) is 5.15 Å². The lowest BCUT2D eigenvalue weighted by Gasteiger charge is -2.17. The first-order valence-electron chi connectivity index (χ1n) is 8.54. The third-order valence-electron chi connectivity index (χ3n) is 4.12. The molecule has 0 aliphatic rings. The van der Waals surface area contributed by atoms with Gasteiger partial charge in [-0.2, -0.15) is 0 Å². The van der Waals surface area contributed by atoms with Crippen LogP contribution in [0.5, 0.6) is 0 Å². The maximum Gasteiger partial charge on any atom is 0.233 e. The maximum atomic E-state index is 12.9. The predicted octanol–water partition coefficient (Wildman–Crippen LogP) is 5.03. The summed E-state index contributed by atoms with van der Waals surface area (Å²) in [4.78, 5) is 25.1. The fraction of sp³-hybridized carbons (Fsp3) is 0.200. The van der Waals surface area contributed by atoms with E-state index in [4.69, 9.17) is 11.6 Å². The summed E-state index contributed by atoms with van der Waals surface area (Å²) in [6.07, 6.45) is 8.76. The van der Waals surface area contributed by atoms with Gasteiger partial charge in [0.2, 0.25) is 5.91 Å². The Morgan fingerprint density at radius 2 is 1.93 bits per heavy atom. The van der Waals surface area contributed by atoms with Crippen LogP contribution in [0, 0.1) is 0 Å². The first-order chi connectivity index (χ1) is 13.1. The molecular formula is C20H18BrClN4O. The zero-order chi connectivity index (χ0) is 19.1. The number of pyridine rings is 1. The molecule has 0 radical (unpaired) electrons. The molecule has 2 aromatic heterocycles. The van der Waals surface area contributed by atoms with E-state index in [9.17, 15) is 4.79 Å². The third kappa shape index (κ3) is 5.84. The summed E-state index contributed by atoms with van der Waals surface area (Å²) in [6.45, 7) is 0. The summed E-state index contributed by atoms with van der Waals surface area (Å²) in [5, 5.41) is 3.10. The summed E-state index contributed by atoms with van der Waals surface area (Å²) >= 11 is 9.18. The van der Waals surface area contributed by atoms with Gasteiger partial charge in [-0.1, -0.05) is 41.9 Å². The molecule has 1 N–H and O–H groups in total. The van der Waals surface area contributed by atoms with Gasteiger partial charge in [0.05, 0.1) is 18.3 Å². The van der Waals surface area contributed by atoms with E-state index in [1.807, 2.05) is 24.3 Å².